The molecule has 0 saturated heterocycles. The maximum absolute atomic E-state index is 4.31. The third-order valence-corrected chi connectivity index (χ3v) is 4.76. The van der Waals surface area contributed by atoms with Crippen molar-refractivity contribution >= 4 is 11.5 Å². The van der Waals surface area contributed by atoms with Crippen LogP contribution in [0.25, 0.3) is 0 Å². The molecule has 0 aliphatic heterocycles. The monoisotopic (exact) mass is 267 g/mol. The van der Waals surface area contributed by atoms with Crippen LogP contribution < -0.4 is 5.32 Å². The van der Waals surface area contributed by atoms with E-state index in [0.29, 0.717) is 6.04 Å². The molecule has 2 rings (SSSR count). The molecule has 1 unspecified atom stereocenters. The minimum Gasteiger partial charge on any atom is -0.309 e. The fraction of sp³-hybridized carbons (Fsp3) is 0.857. The molecule has 3 nitrogen and oxygen atoms in total. The number of nitrogens with one attached hydrogen (secondary N) is 1. The average molecular weight is 267 g/mol. The molecule has 1 saturated carbocycles. The summed E-state index contributed by atoms with van der Waals surface area (Å²) >= 11 is 1.60. The normalized spacial score (nSPS) is 18.3. The first kappa shape index (κ1) is 13.9. The van der Waals surface area contributed by atoms with Crippen LogP contribution in [0, 0.1) is 5.92 Å². The van der Waals surface area contributed by atoms with Gasteiger partial charge in [-0.05, 0) is 36.8 Å². The van der Waals surface area contributed by atoms with Gasteiger partial charge < -0.3 is 5.32 Å². The number of rotatable bonds is 7. The van der Waals surface area contributed by atoms with E-state index >= 15 is 0 Å². The van der Waals surface area contributed by atoms with E-state index in [9.17, 15) is 0 Å². The lowest BCUT2D eigenvalue weighted by atomic mass is 9.96. The largest absolute Gasteiger partial charge is 0.309 e. The van der Waals surface area contributed by atoms with Gasteiger partial charge in [0.1, 0.15) is 0 Å². The van der Waals surface area contributed by atoms with Crippen LogP contribution in [0.3, 0.4) is 0 Å². The first-order valence-electron chi connectivity index (χ1n) is 7.39. The summed E-state index contributed by atoms with van der Waals surface area (Å²) < 4.78 is 4.17. The highest BCUT2D eigenvalue weighted by Crippen LogP contribution is 2.34. The van der Waals surface area contributed by atoms with Crippen LogP contribution in [0.2, 0.25) is 0 Å². The van der Waals surface area contributed by atoms with Gasteiger partial charge in [0.15, 0.2) is 0 Å². The fourth-order valence-corrected chi connectivity index (χ4v) is 3.78. The van der Waals surface area contributed by atoms with Gasteiger partial charge in [0.25, 0.3) is 0 Å². The lowest BCUT2D eigenvalue weighted by Crippen LogP contribution is -2.23. The van der Waals surface area contributed by atoms with Crippen molar-refractivity contribution in [3.63, 3.8) is 0 Å². The Hall–Kier alpha value is -0.480. The standard InChI is InChI=1S/C14H25N3S/c1-3-7-12-14(18-17-16-12)13(15-4-2)10-11-8-5-6-9-11/h11,13,15H,3-10H2,1-2H3. The SMILES string of the molecule is CCCc1nnsc1C(CC1CCCC1)NCC. The molecule has 102 valence electrons. The number of nitrogens with zero attached hydrogens (tertiary/aromatic N) is 2. The Morgan fingerprint density at radius 3 is 2.78 bits per heavy atom. The van der Waals surface area contributed by atoms with Gasteiger partial charge in [-0.15, -0.1) is 5.10 Å². The second kappa shape index (κ2) is 7.19. The van der Waals surface area contributed by atoms with E-state index < -0.39 is 0 Å². The van der Waals surface area contributed by atoms with E-state index in [0.717, 1.165) is 25.3 Å². The third kappa shape index (κ3) is 3.51. The Morgan fingerprint density at radius 1 is 1.33 bits per heavy atom. The fourth-order valence-electron chi connectivity index (χ4n) is 3.00. The average Bonchev–Trinajstić information content (AvgIpc) is 3.00. The lowest BCUT2D eigenvalue weighted by Gasteiger charge is -2.20. The van der Waals surface area contributed by atoms with Gasteiger partial charge in [0.05, 0.1) is 10.6 Å². The van der Waals surface area contributed by atoms with Gasteiger partial charge >= 0.3 is 0 Å². The molecule has 1 aliphatic carbocycles. The van der Waals surface area contributed by atoms with Crippen LogP contribution in [0.4, 0.5) is 0 Å². The van der Waals surface area contributed by atoms with Crippen molar-refractivity contribution in [1.29, 1.82) is 0 Å². The second-order valence-electron chi connectivity index (χ2n) is 5.33. The predicted octanol–water partition coefficient (Wildman–Crippen LogP) is 3.72. The van der Waals surface area contributed by atoms with Crippen LogP contribution in [0.1, 0.15) is 69.0 Å². The zero-order valence-electron chi connectivity index (χ0n) is 11.6. The van der Waals surface area contributed by atoms with Crippen molar-refractivity contribution in [1.82, 2.24) is 14.9 Å². The molecule has 1 aromatic heterocycles. The molecule has 1 fully saturated rings. The quantitative estimate of drug-likeness (QED) is 0.818. The predicted molar refractivity (Wildman–Crippen MR) is 76.9 cm³/mol. The summed E-state index contributed by atoms with van der Waals surface area (Å²) in [6, 6.07) is 0.486. The van der Waals surface area contributed by atoms with Gasteiger partial charge in [-0.3, -0.25) is 0 Å². The molecule has 1 aromatic rings. The molecule has 0 aromatic carbocycles. The number of aromatic nitrogens is 2. The van der Waals surface area contributed by atoms with E-state index in [1.54, 1.807) is 11.5 Å². The first-order valence-corrected chi connectivity index (χ1v) is 8.17. The maximum atomic E-state index is 4.31. The Balaban J connectivity index is 2.04. The van der Waals surface area contributed by atoms with Gasteiger partial charge in [0, 0.05) is 6.04 Å². The summed E-state index contributed by atoms with van der Waals surface area (Å²) in [6.45, 7) is 5.43. The van der Waals surface area contributed by atoms with Crippen LogP contribution in [0.15, 0.2) is 0 Å². The minimum atomic E-state index is 0.486. The van der Waals surface area contributed by atoms with Gasteiger partial charge in [-0.25, -0.2) is 0 Å². The van der Waals surface area contributed by atoms with E-state index in [1.807, 2.05) is 0 Å². The summed E-state index contributed by atoms with van der Waals surface area (Å²) in [7, 11) is 0. The van der Waals surface area contributed by atoms with E-state index in [2.05, 4.69) is 28.8 Å². The van der Waals surface area contributed by atoms with Crippen LogP contribution >= 0.6 is 11.5 Å². The Kier molecular flexibility index (Phi) is 5.57. The molecular weight excluding hydrogens is 242 g/mol. The van der Waals surface area contributed by atoms with E-state index in [-0.39, 0.29) is 0 Å². The van der Waals surface area contributed by atoms with Crippen molar-refractivity contribution < 1.29 is 0 Å². The van der Waals surface area contributed by atoms with Gasteiger partial charge in [-0.2, -0.15) is 0 Å². The Morgan fingerprint density at radius 2 is 2.11 bits per heavy atom. The first-order chi connectivity index (χ1) is 8.85. The van der Waals surface area contributed by atoms with Crippen molar-refractivity contribution in [2.75, 3.05) is 6.54 Å². The van der Waals surface area contributed by atoms with Crippen molar-refractivity contribution in [2.45, 2.75) is 64.8 Å². The molecule has 0 bridgehead atoms. The summed E-state index contributed by atoms with van der Waals surface area (Å²) in [5.74, 6) is 0.908. The molecule has 4 heteroatoms. The number of hydrogen-bond acceptors (Lipinski definition) is 4. The van der Waals surface area contributed by atoms with Crippen LogP contribution in [0.5, 0.6) is 0 Å². The molecule has 0 radical (unpaired) electrons. The topological polar surface area (TPSA) is 37.8 Å². The molecule has 1 N–H and O–H groups in total. The zero-order chi connectivity index (χ0) is 12.8. The number of aryl methyl sites for hydroxylation is 1. The molecule has 1 aliphatic rings. The van der Waals surface area contributed by atoms with Crippen molar-refractivity contribution in [3.05, 3.63) is 10.6 Å². The van der Waals surface area contributed by atoms with E-state index in [4.69, 9.17) is 0 Å². The van der Waals surface area contributed by atoms with Crippen molar-refractivity contribution in [2.24, 2.45) is 5.92 Å². The van der Waals surface area contributed by atoms with Gasteiger partial charge in [0.2, 0.25) is 0 Å². The maximum Gasteiger partial charge on any atom is 0.0803 e. The summed E-state index contributed by atoms with van der Waals surface area (Å²) in [5.41, 5.74) is 1.23. The highest BCUT2D eigenvalue weighted by Gasteiger charge is 2.24. The molecular formula is C14H25N3S. The van der Waals surface area contributed by atoms with Crippen LogP contribution in [-0.2, 0) is 6.42 Å². The Labute approximate surface area is 115 Å². The molecule has 1 heterocycles. The molecule has 1 atom stereocenters. The summed E-state index contributed by atoms with van der Waals surface area (Å²) in [4.78, 5) is 1.39. The smallest absolute Gasteiger partial charge is 0.0803 e. The highest BCUT2D eigenvalue weighted by molar-refractivity contribution is 7.05. The molecule has 18 heavy (non-hydrogen) atoms. The van der Waals surface area contributed by atoms with Gasteiger partial charge in [-0.1, -0.05) is 50.4 Å². The molecule has 0 spiro atoms. The number of hydrogen-bond donors (Lipinski definition) is 1. The lowest BCUT2D eigenvalue weighted by molar-refractivity contribution is 0.402. The zero-order valence-corrected chi connectivity index (χ0v) is 12.4. The van der Waals surface area contributed by atoms with Crippen molar-refractivity contribution in [3.8, 4) is 0 Å². The summed E-state index contributed by atoms with van der Waals surface area (Å²) in [6.07, 6.45) is 9.17. The third-order valence-electron chi connectivity index (χ3n) is 3.88. The molecule has 0 amide bonds. The second-order valence-corrected chi connectivity index (χ2v) is 6.12. The van der Waals surface area contributed by atoms with E-state index in [1.165, 1.54) is 42.7 Å². The highest BCUT2D eigenvalue weighted by atomic mass is 32.1. The Bertz CT molecular complexity index is 345. The summed E-state index contributed by atoms with van der Waals surface area (Å²) in [5, 5.41) is 7.95. The minimum absolute atomic E-state index is 0.486. The van der Waals surface area contributed by atoms with Crippen LogP contribution in [-0.4, -0.2) is 16.1 Å².